The molecular formula is C25H35N3O4. The maximum atomic E-state index is 13.4. The number of carbonyl (C=O) groups excluding carboxylic acids is 3. The summed E-state index contributed by atoms with van der Waals surface area (Å²) in [6, 6.07) is 9.73. The molecule has 0 bridgehead atoms. The van der Waals surface area contributed by atoms with E-state index in [4.69, 9.17) is 4.74 Å². The molecule has 32 heavy (non-hydrogen) atoms. The van der Waals surface area contributed by atoms with E-state index in [1.54, 1.807) is 4.90 Å². The Hall–Kier alpha value is -2.57. The second-order valence-electron chi connectivity index (χ2n) is 9.96. The Morgan fingerprint density at radius 2 is 1.66 bits per heavy atom. The van der Waals surface area contributed by atoms with Crippen LogP contribution in [-0.4, -0.2) is 48.0 Å². The monoisotopic (exact) mass is 441 g/mol. The van der Waals surface area contributed by atoms with Crippen molar-refractivity contribution in [1.29, 1.82) is 0 Å². The number of rotatable bonds is 9. The normalized spacial score (nSPS) is 24.5. The first-order valence-electron chi connectivity index (χ1n) is 11.9. The highest BCUT2D eigenvalue weighted by atomic mass is 16.6. The molecule has 3 aliphatic rings. The van der Waals surface area contributed by atoms with E-state index in [-0.39, 0.29) is 43.5 Å². The van der Waals surface area contributed by atoms with Gasteiger partial charge in [0.1, 0.15) is 6.61 Å². The summed E-state index contributed by atoms with van der Waals surface area (Å²) < 4.78 is 5.48. The van der Waals surface area contributed by atoms with Gasteiger partial charge in [0, 0.05) is 31.6 Å². The number of nitrogens with zero attached hydrogens (tertiary/aromatic N) is 1. The first-order valence-corrected chi connectivity index (χ1v) is 11.9. The van der Waals surface area contributed by atoms with Gasteiger partial charge in [-0.3, -0.25) is 9.59 Å². The SMILES string of the molecule is CC(NC(=O)CC1(C(=O)NC(C)C2CC2)CCN(C(=O)OCc2ccccc2)C1)C1CC1. The van der Waals surface area contributed by atoms with E-state index >= 15 is 0 Å². The second-order valence-corrected chi connectivity index (χ2v) is 9.96. The summed E-state index contributed by atoms with van der Waals surface area (Å²) in [4.78, 5) is 40.5. The molecular weight excluding hydrogens is 406 g/mol. The average molecular weight is 442 g/mol. The molecule has 2 saturated carbocycles. The van der Waals surface area contributed by atoms with Gasteiger partial charge in [-0.15, -0.1) is 0 Å². The second kappa shape index (κ2) is 9.51. The van der Waals surface area contributed by atoms with Crippen molar-refractivity contribution in [2.75, 3.05) is 13.1 Å². The van der Waals surface area contributed by atoms with Gasteiger partial charge in [0.05, 0.1) is 5.41 Å². The molecule has 1 aliphatic heterocycles. The predicted molar refractivity (Wildman–Crippen MR) is 121 cm³/mol. The number of hydrogen-bond acceptors (Lipinski definition) is 4. The molecule has 3 unspecified atom stereocenters. The van der Waals surface area contributed by atoms with Crippen molar-refractivity contribution in [3.8, 4) is 0 Å². The van der Waals surface area contributed by atoms with Crippen LogP contribution >= 0.6 is 0 Å². The minimum absolute atomic E-state index is 0.0897. The minimum atomic E-state index is -0.914. The van der Waals surface area contributed by atoms with E-state index in [0.717, 1.165) is 31.2 Å². The molecule has 1 aromatic carbocycles. The molecule has 0 aromatic heterocycles. The first-order chi connectivity index (χ1) is 15.4. The van der Waals surface area contributed by atoms with E-state index in [9.17, 15) is 14.4 Å². The number of nitrogens with one attached hydrogen (secondary N) is 2. The molecule has 2 N–H and O–H groups in total. The lowest BCUT2D eigenvalue weighted by Gasteiger charge is -2.30. The lowest BCUT2D eigenvalue weighted by Crippen LogP contribution is -2.50. The Labute approximate surface area is 190 Å². The highest BCUT2D eigenvalue weighted by Gasteiger charge is 2.49. The van der Waals surface area contributed by atoms with Crippen LogP contribution in [0.4, 0.5) is 4.79 Å². The fourth-order valence-corrected chi connectivity index (χ4v) is 4.65. The molecule has 3 fully saturated rings. The first kappa shape index (κ1) is 22.6. The average Bonchev–Trinajstić information content (AvgIpc) is 3.69. The molecule has 4 rings (SSSR count). The van der Waals surface area contributed by atoms with Crippen LogP contribution in [0.15, 0.2) is 30.3 Å². The number of carbonyl (C=O) groups is 3. The number of likely N-dealkylation sites (tertiary alicyclic amines) is 1. The van der Waals surface area contributed by atoms with Gasteiger partial charge in [-0.2, -0.15) is 0 Å². The molecule has 3 amide bonds. The topological polar surface area (TPSA) is 87.7 Å². The summed E-state index contributed by atoms with van der Waals surface area (Å²) >= 11 is 0. The quantitative estimate of drug-likeness (QED) is 0.616. The van der Waals surface area contributed by atoms with Crippen molar-refractivity contribution in [3.05, 3.63) is 35.9 Å². The lowest BCUT2D eigenvalue weighted by molar-refractivity contribution is -0.136. The Morgan fingerprint density at radius 1 is 1.03 bits per heavy atom. The van der Waals surface area contributed by atoms with E-state index in [0.29, 0.717) is 24.8 Å². The molecule has 1 aromatic rings. The Balaban J connectivity index is 1.39. The van der Waals surface area contributed by atoms with Gasteiger partial charge >= 0.3 is 6.09 Å². The van der Waals surface area contributed by atoms with Gasteiger partial charge in [-0.1, -0.05) is 30.3 Å². The lowest BCUT2D eigenvalue weighted by atomic mass is 9.81. The Kier molecular flexibility index (Phi) is 6.72. The summed E-state index contributed by atoms with van der Waals surface area (Å²) in [7, 11) is 0. The van der Waals surface area contributed by atoms with Crippen LogP contribution in [0.1, 0.15) is 57.9 Å². The van der Waals surface area contributed by atoms with Gasteiger partial charge in [0.15, 0.2) is 0 Å². The highest BCUT2D eigenvalue weighted by molar-refractivity contribution is 5.90. The number of amides is 3. The van der Waals surface area contributed by atoms with Crippen LogP contribution in [-0.2, 0) is 20.9 Å². The van der Waals surface area contributed by atoms with E-state index in [1.165, 1.54) is 0 Å². The summed E-state index contributed by atoms with van der Waals surface area (Å²) in [5.41, 5.74) is -0.00168. The molecule has 0 radical (unpaired) electrons. The third kappa shape index (κ3) is 5.61. The summed E-state index contributed by atoms with van der Waals surface area (Å²) in [6.45, 7) is 4.85. The van der Waals surface area contributed by atoms with Gasteiger partial charge in [-0.25, -0.2) is 4.79 Å². The third-order valence-electron chi connectivity index (χ3n) is 7.20. The van der Waals surface area contributed by atoms with Crippen molar-refractivity contribution in [2.24, 2.45) is 17.3 Å². The van der Waals surface area contributed by atoms with Crippen LogP contribution in [0.2, 0.25) is 0 Å². The molecule has 3 atom stereocenters. The van der Waals surface area contributed by atoms with Gasteiger partial charge in [0.25, 0.3) is 0 Å². The third-order valence-corrected chi connectivity index (χ3v) is 7.20. The van der Waals surface area contributed by atoms with Crippen molar-refractivity contribution in [3.63, 3.8) is 0 Å². The summed E-state index contributed by atoms with van der Waals surface area (Å²) in [5.74, 6) is 0.835. The molecule has 1 saturated heterocycles. The highest BCUT2D eigenvalue weighted by Crippen LogP contribution is 2.38. The molecule has 174 valence electrons. The Bertz CT molecular complexity index is 837. The zero-order chi connectivity index (χ0) is 22.7. The van der Waals surface area contributed by atoms with E-state index < -0.39 is 11.5 Å². The van der Waals surface area contributed by atoms with Crippen molar-refractivity contribution >= 4 is 17.9 Å². The zero-order valence-corrected chi connectivity index (χ0v) is 19.1. The van der Waals surface area contributed by atoms with Gasteiger partial charge < -0.3 is 20.3 Å². The van der Waals surface area contributed by atoms with Crippen molar-refractivity contribution < 1.29 is 19.1 Å². The van der Waals surface area contributed by atoms with Crippen LogP contribution < -0.4 is 10.6 Å². The maximum Gasteiger partial charge on any atom is 0.410 e. The molecule has 1 heterocycles. The number of ether oxygens (including phenoxy) is 1. The summed E-state index contributed by atoms with van der Waals surface area (Å²) in [6.07, 6.45) is 4.67. The smallest absolute Gasteiger partial charge is 0.410 e. The standard InChI is InChI=1S/C25H35N3O4/c1-17(20-8-9-20)26-22(29)14-25(23(30)27-18(2)21-10-11-21)12-13-28(16-25)24(31)32-15-19-6-4-3-5-7-19/h3-7,17-18,20-21H,8-16H2,1-2H3,(H,26,29)(H,27,30). The van der Waals surface area contributed by atoms with Crippen LogP contribution in [0.3, 0.4) is 0 Å². The van der Waals surface area contributed by atoms with Crippen LogP contribution in [0.5, 0.6) is 0 Å². The maximum absolute atomic E-state index is 13.4. The fraction of sp³-hybridized carbons (Fsp3) is 0.640. The van der Waals surface area contributed by atoms with Crippen molar-refractivity contribution in [2.45, 2.75) is 71.1 Å². The largest absolute Gasteiger partial charge is 0.445 e. The molecule has 0 spiro atoms. The summed E-state index contributed by atoms with van der Waals surface area (Å²) in [5, 5.41) is 6.21. The number of benzene rings is 1. The van der Waals surface area contributed by atoms with Gasteiger partial charge in [-0.05, 0) is 63.4 Å². The minimum Gasteiger partial charge on any atom is -0.445 e. The molecule has 7 nitrogen and oxygen atoms in total. The molecule has 7 heteroatoms. The van der Waals surface area contributed by atoms with E-state index in [2.05, 4.69) is 10.6 Å². The zero-order valence-electron chi connectivity index (χ0n) is 19.1. The Morgan fingerprint density at radius 3 is 2.28 bits per heavy atom. The predicted octanol–water partition coefficient (Wildman–Crippen LogP) is 3.23. The van der Waals surface area contributed by atoms with Crippen LogP contribution in [0.25, 0.3) is 0 Å². The molecule has 2 aliphatic carbocycles. The van der Waals surface area contributed by atoms with Crippen LogP contribution in [0, 0.1) is 17.3 Å². The van der Waals surface area contributed by atoms with Crippen molar-refractivity contribution in [1.82, 2.24) is 15.5 Å². The fourth-order valence-electron chi connectivity index (χ4n) is 4.65. The van der Waals surface area contributed by atoms with Gasteiger partial charge in [0.2, 0.25) is 11.8 Å². The number of hydrogen-bond donors (Lipinski definition) is 2. The van der Waals surface area contributed by atoms with E-state index in [1.807, 2.05) is 44.2 Å².